The third-order valence-electron chi connectivity index (χ3n) is 4.19. The molecule has 1 aliphatic heterocycles. The SMILES string of the molecule is CC1(C)NC(=O)N(CCC(=O)Nc2ccc(Oc3ccc(Br)cc3)cc2)C1=O. The van der Waals surface area contributed by atoms with E-state index in [1.54, 1.807) is 38.1 Å². The molecule has 2 N–H and O–H groups in total. The molecule has 0 unspecified atom stereocenters. The van der Waals surface area contributed by atoms with Gasteiger partial charge in [0.05, 0.1) is 0 Å². The van der Waals surface area contributed by atoms with Gasteiger partial charge in [0.25, 0.3) is 5.91 Å². The number of amides is 4. The molecule has 146 valence electrons. The van der Waals surface area contributed by atoms with E-state index >= 15 is 0 Å². The zero-order chi connectivity index (χ0) is 20.3. The van der Waals surface area contributed by atoms with E-state index in [1.807, 2.05) is 24.3 Å². The van der Waals surface area contributed by atoms with Crippen molar-refractivity contribution in [2.75, 3.05) is 11.9 Å². The van der Waals surface area contributed by atoms with Crippen LogP contribution in [0.4, 0.5) is 10.5 Å². The smallest absolute Gasteiger partial charge is 0.325 e. The largest absolute Gasteiger partial charge is 0.457 e. The number of hydrogen-bond donors (Lipinski definition) is 2. The number of ether oxygens (including phenoxy) is 1. The molecule has 0 atom stereocenters. The summed E-state index contributed by atoms with van der Waals surface area (Å²) in [6.45, 7) is 3.29. The van der Waals surface area contributed by atoms with Gasteiger partial charge in [-0.15, -0.1) is 0 Å². The highest BCUT2D eigenvalue weighted by molar-refractivity contribution is 9.10. The quantitative estimate of drug-likeness (QED) is 0.659. The summed E-state index contributed by atoms with van der Waals surface area (Å²) < 4.78 is 6.70. The first kappa shape index (κ1) is 19.9. The maximum atomic E-state index is 12.1. The number of carbonyl (C=O) groups excluding carboxylic acids is 3. The molecule has 0 bridgehead atoms. The van der Waals surface area contributed by atoms with Gasteiger partial charge in [0.15, 0.2) is 0 Å². The van der Waals surface area contributed by atoms with Gasteiger partial charge in [-0.25, -0.2) is 4.79 Å². The van der Waals surface area contributed by atoms with Crippen LogP contribution in [-0.4, -0.2) is 34.8 Å². The first-order chi connectivity index (χ1) is 13.2. The fraction of sp³-hybridized carbons (Fsp3) is 0.250. The van der Waals surface area contributed by atoms with E-state index in [0.29, 0.717) is 17.2 Å². The highest BCUT2D eigenvalue weighted by Gasteiger charge is 2.43. The van der Waals surface area contributed by atoms with Gasteiger partial charge >= 0.3 is 6.03 Å². The van der Waals surface area contributed by atoms with Gasteiger partial charge < -0.3 is 15.4 Å². The van der Waals surface area contributed by atoms with E-state index in [0.717, 1.165) is 9.37 Å². The fourth-order valence-corrected chi connectivity index (χ4v) is 2.97. The second kappa shape index (κ2) is 8.02. The predicted molar refractivity (Wildman–Crippen MR) is 108 cm³/mol. The Morgan fingerprint density at radius 2 is 1.64 bits per heavy atom. The standard InChI is InChI=1S/C20H20BrN3O4/c1-20(2)18(26)24(19(27)23-20)12-11-17(25)22-14-5-9-16(10-6-14)28-15-7-3-13(21)4-8-15/h3-10H,11-12H2,1-2H3,(H,22,25)(H,23,27). The van der Waals surface area contributed by atoms with Gasteiger partial charge in [0.2, 0.25) is 5.91 Å². The van der Waals surface area contributed by atoms with Gasteiger partial charge in [-0.1, -0.05) is 15.9 Å². The molecule has 2 aromatic carbocycles. The highest BCUT2D eigenvalue weighted by atomic mass is 79.9. The topological polar surface area (TPSA) is 87.7 Å². The lowest BCUT2D eigenvalue weighted by atomic mass is 10.1. The number of halogens is 1. The molecule has 28 heavy (non-hydrogen) atoms. The number of rotatable bonds is 6. The molecule has 0 spiro atoms. The Kier molecular flexibility index (Phi) is 5.69. The van der Waals surface area contributed by atoms with E-state index in [-0.39, 0.29) is 24.8 Å². The summed E-state index contributed by atoms with van der Waals surface area (Å²) in [5.41, 5.74) is -0.330. The molecule has 8 heteroatoms. The van der Waals surface area contributed by atoms with Crippen LogP contribution in [0.5, 0.6) is 11.5 Å². The van der Waals surface area contributed by atoms with Gasteiger partial charge in [0, 0.05) is 23.1 Å². The molecule has 0 radical (unpaired) electrons. The Morgan fingerprint density at radius 1 is 1.07 bits per heavy atom. The van der Waals surface area contributed by atoms with E-state index < -0.39 is 11.6 Å². The summed E-state index contributed by atoms with van der Waals surface area (Å²) in [6.07, 6.45) is 0.0202. The third kappa shape index (κ3) is 4.69. The molecule has 1 fully saturated rings. The van der Waals surface area contributed by atoms with Crippen molar-refractivity contribution >= 4 is 39.5 Å². The van der Waals surface area contributed by atoms with Crippen LogP contribution >= 0.6 is 15.9 Å². The number of carbonyl (C=O) groups is 3. The normalized spacial score (nSPS) is 15.3. The Morgan fingerprint density at radius 3 is 2.18 bits per heavy atom. The second-order valence-corrected chi connectivity index (χ2v) is 7.81. The van der Waals surface area contributed by atoms with Crippen molar-refractivity contribution in [1.82, 2.24) is 10.2 Å². The Hall–Kier alpha value is -2.87. The van der Waals surface area contributed by atoms with E-state index in [4.69, 9.17) is 4.74 Å². The summed E-state index contributed by atoms with van der Waals surface area (Å²) in [4.78, 5) is 37.1. The van der Waals surface area contributed by atoms with Crippen molar-refractivity contribution in [2.45, 2.75) is 25.8 Å². The fourth-order valence-electron chi connectivity index (χ4n) is 2.70. The van der Waals surface area contributed by atoms with Crippen LogP contribution in [0.15, 0.2) is 53.0 Å². The number of urea groups is 1. The molecular formula is C20H20BrN3O4. The van der Waals surface area contributed by atoms with Crippen LogP contribution in [0.25, 0.3) is 0 Å². The first-order valence-corrected chi connectivity index (χ1v) is 9.51. The summed E-state index contributed by atoms with van der Waals surface area (Å²) in [5.74, 6) is 0.727. The van der Waals surface area contributed by atoms with Crippen LogP contribution in [0.3, 0.4) is 0 Å². The molecular weight excluding hydrogens is 426 g/mol. The van der Waals surface area contributed by atoms with Crippen LogP contribution in [0.1, 0.15) is 20.3 Å². The van der Waals surface area contributed by atoms with Gasteiger partial charge in [-0.05, 0) is 62.4 Å². The summed E-state index contributed by atoms with van der Waals surface area (Å²) >= 11 is 3.37. The molecule has 2 aromatic rings. The average molecular weight is 446 g/mol. The van der Waals surface area contributed by atoms with Crippen LogP contribution < -0.4 is 15.4 Å². The number of benzene rings is 2. The van der Waals surface area contributed by atoms with Crippen molar-refractivity contribution in [3.8, 4) is 11.5 Å². The second-order valence-electron chi connectivity index (χ2n) is 6.89. The Balaban J connectivity index is 1.51. The zero-order valence-electron chi connectivity index (χ0n) is 15.5. The number of anilines is 1. The van der Waals surface area contributed by atoms with Crippen LogP contribution in [-0.2, 0) is 9.59 Å². The first-order valence-electron chi connectivity index (χ1n) is 8.72. The molecule has 7 nitrogen and oxygen atoms in total. The minimum Gasteiger partial charge on any atom is -0.457 e. The Labute approximate surface area is 171 Å². The highest BCUT2D eigenvalue weighted by Crippen LogP contribution is 2.24. The summed E-state index contributed by atoms with van der Waals surface area (Å²) in [7, 11) is 0. The molecule has 1 heterocycles. The van der Waals surface area contributed by atoms with Gasteiger partial charge in [-0.3, -0.25) is 14.5 Å². The Bertz CT molecular complexity index is 895. The number of nitrogens with zero attached hydrogens (tertiary/aromatic N) is 1. The van der Waals surface area contributed by atoms with Gasteiger partial charge in [-0.2, -0.15) is 0 Å². The number of hydrogen-bond acceptors (Lipinski definition) is 4. The lowest BCUT2D eigenvalue weighted by Gasteiger charge is -2.15. The molecule has 3 rings (SSSR count). The molecule has 0 aromatic heterocycles. The minimum absolute atomic E-state index is 0.0202. The summed E-state index contributed by atoms with van der Waals surface area (Å²) in [6, 6.07) is 13.9. The zero-order valence-corrected chi connectivity index (χ0v) is 17.1. The number of nitrogens with one attached hydrogen (secondary N) is 2. The van der Waals surface area contributed by atoms with Crippen LogP contribution in [0, 0.1) is 0 Å². The van der Waals surface area contributed by atoms with E-state index in [1.165, 1.54) is 0 Å². The molecule has 1 saturated heterocycles. The lowest BCUT2D eigenvalue weighted by molar-refractivity contribution is -0.130. The lowest BCUT2D eigenvalue weighted by Crippen LogP contribution is -2.40. The van der Waals surface area contributed by atoms with Gasteiger partial charge in [0.1, 0.15) is 17.0 Å². The summed E-state index contributed by atoms with van der Waals surface area (Å²) in [5, 5.41) is 5.33. The van der Waals surface area contributed by atoms with Crippen LogP contribution in [0.2, 0.25) is 0 Å². The average Bonchev–Trinajstić information content (AvgIpc) is 2.84. The molecule has 4 amide bonds. The minimum atomic E-state index is -0.932. The van der Waals surface area contributed by atoms with Crippen molar-refractivity contribution in [3.05, 3.63) is 53.0 Å². The predicted octanol–water partition coefficient (Wildman–Crippen LogP) is 3.90. The van der Waals surface area contributed by atoms with Crippen molar-refractivity contribution in [3.63, 3.8) is 0 Å². The molecule has 0 saturated carbocycles. The number of imide groups is 1. The van der Waals surface area contributed by atoms with Crippen molar-refractivity contribution < 1.29 is 19.1 Å². The van der Waals surface area contributed by atoms with Crippen molar-refractivity contribution in [1.29, 1.82) is 0 Å². The molecule has 0 aliphatic carbocycles. The monoisotopic (exact) mass is 445 g/mol. The van der Waals surface area contributed by atoms with E-state index in [2.05, 4.69) is 26.6 Å². The molecule has 1 aliphatic rings. The van der Waals surface area contributed by atoms with Crippen molar-refractivity contribution in [2.24, 2.45) is 0 Å². The van der Waals surface area contributed by atoms with E-state index in [9.17, 15) is 14.4 Å². The third-order valence-corrected chi connectivity index (χ3v) is 4.72. The maximum Gasteiger partial charge on any atom is 0.325 e. The maximum absolute atomic E-state index is 12.1.